The van der Waals surface area contributed by atoms with Crippen LogP contribution in [-0.2, 0) is 0 Å². The van der Waals surface area contributed by atoms with E-state index in [1.807, 2.05) is 36.4 Å². The number of nitriles is 1. The van der Waals surface area contributed by atoms with Gasteiger partial charge >= 0.3 is 11.8 Å². The van der Waals surface area contributed by atoms with Crippen molar-refractivity contribution in [3.8, 4) is 17.5 Å². The van der Waals surface area contributed by atoms with Gasteiger partial charge < -0.3 is 9.73 Å². The molecule has 1 N–H and O–H groups in total. The number of aromatic nitrogens is 2. The molecule has 0 saturated heterocycles. The maximum Gasteiger partial charge on any atom is 0.313 e. The molecule has 6 heteroatoms. The topological polar surface area (TPSA) is 91.8 Å². The fraction of sp³-hybridized carbons (Fsp3) is 0. The van der Waals surface area contributed by atoms with Crippen LogP contribution in [0, 0.1) is 11.3 Å². The van der Waals surface area contributed by atoms with Gasteiger partial charge in [-0.25, -0.2) is 0 Å². The van der Waals surface area contributed by atoms with E-state index in [0.29, 0.717) is 11.3 Å². The molecule has 0 fully saturated rings. The Hall–Kier alpha value is -3.46. The second-order valence-corrected chi connectivity index (χ2v) is 4.43. The Labute approximate surface area is 126 Å². The summed E-state index contributed by atoms with van der Waals surface area (Å²) in [6.07, 6.45) is 0. The van der Waals surface area contributed by atoms with Crippen molar-refractivity contribution < 1.29 is 9.21 Å². The Balaban J connectivity index is 1.79. The van der Waals surface area contributed by atoms with Gasteiger partial charge in [-0.05, 0) is 30.3 Å². The van der Waals surface area contributed by atoms with Gasteiger partial charge in [0.2, 0.25) is 5.89 Å². The Kier molecular flexibility index (Phi) is 3.62. The van der Waals surface area contributed by atoms with Crippen molar-refractivity contribution in [3.05, 3.63) is 66.1 Å². The van der Waals surface area contributed by atoms with Crippen molar-refractivity contribution in [2.75, 3.05) is 5.32 Å². The molecule has 1 amide bonds. The predicted octanol–water partition coefficient (Wildman–Crippen LogP) is 2.86. The van der Waals surface area contributed by atoms with Gasteiger partial charge in [-0.15, -0.1) is 10.2 Å². The molecule has 0 unspecified atom stereocenters. The molecule has 0 aliphatic rings. The second-order valence-electron chi connectivity index (χ2n) is 4.43. The number of carbonyl (C=O) groups is 1. The normalized spacial score (nSPS) is 9.95. The minimum Gasteiger partial charge on any atom is -0.412 e. The molecule has 0 saturated carbocycles. The molecule has 6 nitrogen and oxygen atoms in total. The Bertz CT molecular complexity index is 850. The molecule has 1 heterocycles. The van der Waals surface area contributed by atoms with Crippen molar-refractivity contribution in [2.45, 2.75) is 0 Å². The third-order valence-corrected chi connectivity index (χ3v) is 2.89. The first-order valence-electron chi connectivity index (χ1n) is 6.47. The number of hydrogen-bond acceptors (Lipinski definition) is 5. The summed E-state index contributed by atoms with van der Waals surface area (Å²) in [4.78, 5) is 12.1. The average molecular weight is 290 g/mol. The highest BCUT2D eigenvalue weighted by atomic mass is 16.4. The summed E-state index contributed by atoms with van der Waals surface area (Å²) in [5, 5.41) is 19.0. The van der Waals surface area contributed by atoms with Crippen molar-refractivity contribution in [1.29, 1.82) is 5.26 Å². The summed E-state index contributed by atoms with van der Waals surface area (Å²) in [7, 11) is 0. The zero-order valence-electron chi connectivity index (χ0n) is 11.4. The van der Waals surface area contributed by atoms with Gasteiger partial charge in [-0.2, -0.15) is 5.26 Å². The van der Waals surface area contributed by atoms with E-state index in [1.54, 1.807) is 24.3 Å². The molecule has 0 atom stereocenters. The highest BCUT2D eigenvalue weighted by Gasteiger charge is 2.16. The molecular formula is C16H10N4O2. The van der Waals surface area contributed by atoms with Crippen molar-refractivity contribution >= 4 is 11.6 Å². The van der Waals surface area contributed by atoms with Crippen LogP contribution in [0.2, 0.25) is 0 Å². The summed E-state index contributed by atoms with van der Waals surface area (Å²) >= 11 is 0. The molecule has 22 heavy (non-hydrogen) atoms. The first-order valence-corrected chi connectivity index (χ1v) is 6.47. The van der Waals surface area contributed by atoms with Gasteiger partial charge in [0.25, 0.3) is 0 Å². The van der Waals surface area contributed by atoms with E-state index in [4.69, 9.17) is 9.68 Å². The first kappa shape index (κ1) is 13.5. The van der Waals surface area contributed by atoms with Crippen molar-refractivity contribution in [3.63, 3.8) is 0 Å². The fourth-order valence-corrected chi connectivity index (χ4v) is 1.86. The van der Waals surface area contributed by atoms with Crippen LogP contribution in [0.5, 0.6) is 0 Å². The number of anilines is 1. The number of amides is 1. The second kappa shape index (κ2) is 5.89. The van der Waals surface area contributed by atoms with Gasteiger partial charge in [-0.3, -0.25) is 4.79 Å². The molecule has 106 valence electrons. The Morgan fingerprint density at radius 1 is 1.09 bits per heavy atom. The van der Waals surface area contributed by atoms with Gasteiger partial charge in [0.05, 0.1) is 11.6 Å². The van der Waals surface area contributed by atoms with E-state index >= 15 is 0 Å². The van der Waals surface area contributed by atoms with E-state index in [-0.39, 0.29) is 11.8 Å². The largest absolute Gasteiger partial charge is 0.412 e. The van der Waals surface area contributed by atoms with Gasteiger partial charge in [0, 0.05) is 11.3 Å². The van der Waals surface area contributed by atoms with Crippen LogP contribution in [0.1, 0.15) is 16.2 Å². The molecule has 1 aromatic heterocycles. The SMILES string of the molecule is N#Cc1cccc(NC(=O)c2nnc(-c3ccccc3)o2)c1. The van der Waals surface area contributed by atoms with Gasteiger partial charge in [0.1, 0.15) is 0 Å². The Morgan fingerprint density at radius 2 is 1.91 bits per heavy atom. The van der Waals surface area contributed by atoms with E-state index in [9.17, 15) is 4.79 Å². The number of hydrogen-bond donors (Lipinski definition) is 1. The number of carbonyl (C=O) groups excluding carboxylic acids is 1. The maximum atomic E-state index is 12.1. The van der Waals surface area contributed by atoms with Gasteiger partial charge in [0.15, 0.2) is 0 Å². The van der Waals surface area contributed by atoms with E-state index in [1.165, 1.54) is 0 Å². The lowest BCUT2D eigenvalue weighted by Gasteiger charge is -2.01. The summed E-state index contributed by atoms with van der Waals surface area (Å²) in [5.74, 6) is -0.387. The lowest BCUT2D eigenvalue weighted by Crippen LogP contribution is -2.12. The highest BCUT2D eigenvalue weighted by molar-refractivity contribution is 6.01. The molecule has 0 aliphatic carbocycles. The zero-order chi connectivity index (χ0) is 15.4. The molecule has 3 aromatic rings. The third-order valence-electron chi connectivity index (χ3n) is 2.89. The molecular weight excluding hydrogens is 280 g/mol. The summed E-state index contributed by atoms with van der Waals surface area (Å²) in [6, 6.07) is 17.7. The molecule has 0 spiro atoms. The maximum absolute atomic E-state index is 12.1. The quantitative estimate of drug-likeness (QED) is 0.800. The number of nitrogens with one attached hydrogen (secondary N) is 1. The number of rotatable bonds is 3. The highest BCUT2D eigenvalue weighted by Crippen LogP contribution is 2.18. The molecule has 0 radical (unpaired) electrons. The summed E-state index contributed by atoms with van der Waals surface area (Å²) < 4.78 is 5.36. The molecule has 2 aromatic carbocycles. The standard InChI is InChI=1S/C16H10N4O2/c17-10-11-5-4-8-13(9-11)18-14(21)16-20-19-15(22-16)12-6-2-1-3-7-12/h1-9H,(H,18,21). The lowest BCUT2D eigenvalue weighted by atomic mass is 10.2. The van der Waals surface area contributed by atoms with Crippen LogP contribution < -0.4 is 5.32 Å². The van der Waals surface area contributed by atoms with Crippen molar-refractivity contribution in [1.82, 2.24) is 10.2 Å². The minimum atomic E-state index is -0.523. The van der Waals surface area contributed by atoms with Crippen LogP contribution in [0.15, 0.2) is 59.0 Å². The summed E-state index contributed by atoms with van der Waals surface area (Å²) in [6.45, 7) is 0. The van der Waals surface area contributed by atoms with Crippen LogP contribution >= 0.6 is 0 Å². The average Bonchev–Trinajstić information content (AvgIpc) is 3.06. The number of nitrogens with zero attached hydrogens (tertiary/aromatic N) is 3. The molecule has 0 bridgehead atoms. The Morgan fingerprint density at radius 3 is 2.68 bits per heavy atom. The zero-order valence-corrected chi connectivity index (χ0v) is 11.4. The van der Waals surface area contributed by atoms with Gasteiger partial charge in [-0.1, -0.05) is 24.3 Å². The third kappa shape index (κ3) is 2.83. The van der Waals surface area contributed by atoms with Crippen LogP contribution in [0.4, 0.5) is 5.69 Å². The minimum absolute atomic E-state index is 0.138. The molecule has 0 aliphatic heterocycles. The molecule has 3 rings (SSSR count). The monoisotopic (exact) mass is 290 g/mol. The lowest BCUT2D eigenvalue weighted by molar-refractivity contribution is 0.0991. The van der Waals surface area contributed by atoms with Crippen molar-refractivity contribution in [2.24, 2.45) is 0 Å². The fourth-order valence-electron chi connectivity index (χ4n) is 1.86. The first-order chi connectivity index (χ1) is 10.8. The van der Waals surface area contributed by atoms with E-state index < -0.39 is 5.91 Å². The van der Waals surface area contributed by atoms with E-state index in [0.717, 1.165) is 5.56 Å². The number of benzene rings is 2. The van der Waals surface area contributed by atoms with Crippen LogP contribution in [0.25, 0.3) is 11.5 Å². The van der Waals surface area contributed by atoms with Crippen LogP contribution in [0.3, 0.4) is 0 Å². The van der Waals surface area contributed by atoms with E-state index in [2.05, 4.69) is 15.5 Å². The predicted molar refractivity (Wildman–Crippen MR) is 78.8 cm³/mol. The summed E-state index contributed by atoms with van der Waals surface area (Å²) in [5.41, 5.74) is 1.68. The van der Waals surface area contributed by atoms with Crippen LogP contribution in [-0.4, -0.2) is 16.1 Å². The smallest absolute Gasteiger partial charge is 0.313 e.